The first-order chi connectivity index (χ1) is 9.44. The molecule has 0 bridgehead atoms. The standard InChI is InChI=1S/C14H11BrN2O2S/c1-10-6-7-11(9-16)8-14(10)20(18,19)17-13-5-3-2-4-12(13)15/h2-8,17H,1H3. The van der Waals surface area contributed by atoms with Gasteiger partial charge in [0.25, 0.3) is 10.0 Å². The Hall–Kier alpha value is -1.84. The van der Waals surface area contributed by atoms with Crippen LogP contribution in [0.5, 0.6) is 0 Å². The third-order valence-corrected chi connectivity index (χ3v) is 4.92. The molecule has 0 saturated heterocycles. The molecular formula is C14H11BrN2O2S. The van der Waals surface area contributed by atoms with Crippen molar-refractivity contribution in [1.82, 2.24) is 0 Å². The van der Waals surface area contributed by atoms with Gasteiger partial charge in [0.2, 0.25) is 0 Å². The van der Waals surface area contributed by atoms with Crippen LogP contribution in [0.25, 0.3) is 0 Å². The number of para-hydroxylation sites is 1. The molecule has 1 N–H and O–H groups in total. The number of rotatable bonds is 3. The molecule has 2 aromatic carbocycles. The monoisotopic (exact) mass is 350 g/mol. The van der Waals surface area contributed by atoms with Gasteiger partial charge in [0.05, 0.1) is 22.2 Å². The summed E-state index contributed by atoms with van der Waals surface area (Å²) in [5, 5.41) is 8.88. The zero-order chi connectivity index (χ0) is 14.8. The van der Waals surface area contributed by atoms with Gasteiger partial charge in [-0.3, -0.25) is 4.72 Å². The zero-order valence-corrected chi connectivity index (χ0v) is 13.0. The molecule has 4 nitrogen and oxygen atoms in total. The predicted octanol–water partition coefficient (Wildman–Crippen LogP) is 3.43. The van der Waals surface area contributed by atoms with E-state index in [0.29, 0.717) is 21.3 Å². The summed E-state index contributed by atoms with van der Waals surface area (Å²) >= 11 is 3.29. The van der Waals surface area contributed by atoms with Crippen molar-refractivity contribution in [3.8, 4) is 6.07 Å². The summed E-state index contributed by atoms with van der Waals surface area (Å²) in [7, 11) is -3.73. The number of halogens is 1. The van der Waals surface area contributed by atoms with E-state index < -0.39 is 10.0 Å². The molecule has 0 spiro atoms. The van der Waals surface area contributed by atoms with Crippen LogP contribution in [0.4, 0.5) is 5.69 Å². The van der Waals surface area contributed by atoms with Crippen molar-refractivity contribution in [2.75, 3.05) is 4.72 Å². The van der Waals surface area contributed by atoms with Crippen molar-refractivity contribution >= 4 is 31.6 Å². The van der Waals surface area contributed by atoms with E-state index >= 15 is 0 Å². The van der Waals surface area contributed by atoms with Crippen molar-refractivity contribution in [2.24, 2.45) is 0 Å². The smallest absolute Gasteiger partial charge is 0.262 e. The van der Waals surface area contributed by atoms with Crippen LogP contribution in [0.3, 0.4) is 0 Å². The summed E-state index contributed by atoms with van der Waals surface area (Å²) in [5.41, 5.74) is 1.35. The van der Waals surface area contributed by atoms with Gasteiger partial charge in [-0.05, 0) is 52.7 Å². The minimum atomic E-state index is -3.73. The number of nitriles is 1. The van der Waals surface area contributed by atoms with E-state index in [1.165, 1.54) is 6.07 Å². The molecule has 0 aliphatic rings. The molecule has 6 heteroatoms. The molecule has 0 amide bonds. The molecule has 0 saturated carbocycles. The lowest BCUT2D eigenvalue weighted by molar-refractivity contribution is 0.600. The number of anilines is 1. The molecule has 0 aromatic heterocycles. The van der Waals surface area contributed by atoms with Gasteiger partial charge in [-0.15, -0.1) is 0 Å². The molecule has 0 unspecified atom stereocenters. The normalized spacial score (nSPS) is 10.8. The fraction of sp³-hybridized carbons (Fsp3) is 0.0714. The Balaban J connectivity index is 2.47. The summed E-state index contributed by atoms with van der Waals surface area (Å²) in [4.78, 5) is 0.104. The van der Waals surface area contributed by atoms with Crippen LogP contribution in [-0.4, -0.2) is 8.42 Å². The second-order valence-corrected chi connectivity index (χ2v) is 6.68. The van der Waals surface area contributed by atoms with Gasteiger partial charge in [-0.2, -0.15) is 5.26 Å². The summed E-state index contributed by atoms with van der Waals surface area (Å²) in [5.74, 6) is 0. The second kappa shape index (κ2) is 5.65. The van der Waals surface area contributed by atoms with Gasteiger partial charge < -0.3 is 0 Å². The van der Waals surface area contributed by atoms with E-state index in [0.717, 1.165) is 0 Å². The first kappa shape index (κ1) is 14.6. The van der Waals surface area contributed by atoms with E-state index in [-0.39, 0.29) is 4.90 Å². The van der Waals surface area contributed by atoms with E-state index in [1.54, 1.807) is 43.3 Å². The predicted molar refractivity (Wildman–Crippen MR) is 80.8 cm³/mol. The van der Waals surface area contributed by atoms with Gasteiger partial charge in [0, 0.05) is 4.47 Å². The maximum Gasteiger partial charge on any atom is 0.262 e. The highest BCUT2D eigenvalue weighted by Gasteiger charge is 2.18. The number of aryl methyl sites for hydroxylation is 1. The summed E-state index contributed by atoms with van der Waals surface area (Å²) in [6.07, 6.45) is 0. The molecule has 2 aromatic rings. The summed E-state index contributed by atoms with van der Waals surface area (Å²) in [6.45, 7) is 1.69. The molecule has 0 atom stereocenters. The molecular weight excluding hydrogens is 340 g/mol. The molecule has 20 heavy (non-hydrogen) atoms. The average Bonchev–Trinajstić information content (AvgIpc) is 2.41. The van der Waals surface area contributed by atoms with Crippen molar-refractivity contribution in [2.45, 2.75) is 11.8 Å². The van der Waals surface area contributed by atoms with Gasteiger partial charge in [-0.25, -0.2) is 8.42 Å². The number of benzene rings is 2. The largest absolute Gasteiger partial charge is 0.278 e. The molecule has 102 valence electrons. The SMILES string of the molecule is Cc1ccc(C#N)cc1S(=O)(=O)Nc1ccccc1Br. The van der Waals surface area contributed by atoms with Crippen molar-refractivity contribution in [3.63, 3.8) is 0 Å². The quantitative estimate of drug-likeness (QED) is 0.921. The number of nitrogens with one attached hydrogen (secondary N) is 1. The van der Waals surface area contributed by atoms with Crippen LogP contribution in [0.1, 0.15) is 11.1 Å². The minimum absolute atomic E-state index is 0.104. The number of nitrogens with zero attached hydrogens (tertiary/aromatic N) is 1. The molecule has 0 heterocycles. The highest BCUT2D eigenvalue weighted by molar-refractivity contribution is 9.10. The third-order valence-electron chi connectivity index (χ3n) is 2.72. The van der Waals surface area contributed by atoms with Gasteiger partial charge >= 0.3 is 0 Å². The average molecular weight is 351 g/mol. The number of hydrogen-bond acceptors (Lipinski definition) is 3. The maximum atomic E-state index is 12.4. The molecule has 0 fully saturated rings. The Bertz CT molecular complexity index is 795. The Morgan fingerprint density at radius 1 is 1.20 bits per heavy atom. The summed E-state index contributed by atoms with van der Waals surface area (Å²) < 4.78 is 28.0. The van der Waals surface area contributed by atoms with Crippen molar-refractivity contribution < 1.29 is 8.42 Å². The van der Waals surface area contributed by atoms with Crippen LogP contribution in [0, 0.1) is 18.3 Å². The summed E-state index contributed by atoms with van der Waals surface area (Å²) in [6, 6.07) is 13.5. The van der Waals surface area contributed by atoms with Gasteiger partial charge in [-0.1, -0.05) is 18.2 Å². The highest BCUT2D eigenvalue weighted by Crippen LogP contribution is 2.26. The van der Waals surface area contributed by atoms with Crippen LogP contribution >= 0.6 is 15.9 Å². The lowest BCUT2D eigenvalue weighted by Crippen LogP contribution is -2.14. The molecule has 0 radical (unpaired) electrons. The third kappa shape index (κ3) is 3.00. The van der Waals surface area contributed by atoms with Crippen LogP contribution < -0.4 is 4.72 Å². The number of sulfonamides is 1. The topological polar surface area (TPSA) is 70.0 Å². The Labute approximate surface area is 126 Å². The Morgan fingerprint density at radius 2 is 1.90 bits per heavy atom. The lowest BCUT2D eigenvalue weighted by Gasteiger charge is -2.11. The molecule has 0 aliphatic carbocycles. The van der Waals surface area contributed by atoms with Crippen LogP contribution in [0.15, 0.2) is 51.8 Å². The fourth-order valence-electron chi connectivity index (χ4n) is 1.70. The molecule has 0 aliphatic heterocycles. The van der Waals surface area contributed by atoms with Gasteiger partial charge in [0.15, 0.2) is 0 Å². The minimum Gasteiger partial charge on any atom is -0.278 e. The van der Waals surface area contributed by atoms with Crippen molar-refractivity contribution in [1.29, 1.82) is 5.26 Å². The highest BCUT2D eigenvalue weighted by atomic mass is 79.9. The number of hydrogen-bond donors (Lipinski definition) is 1. The zero-order valence-electron chi connectivity index (χ0n) is 10.6. The van der Waals surface area contributed by atoms with E-state index in [2.05, 4.69) is 20.7 Å². The van der Waals surface area contributed by atoms with Gasteiger partial charge in [0.1, 0.15) is 0 Å². The van der Waals surface area contributed by atoms with E-state index in [9.17, 15) is 8.42 Å². The first-order valence-corrected chi connectivity index (χ1v) is 8.00. The van der Waals surface area contributed by atoms with Crippen LogP contribution in [0.2, 0.25) is 0 Å². The fourth-order valence-corrected chi connectivity index (χ4v) is 3.57. The Morgan fingerprint density at radius 3 is 2.55 bits per heavy atom. The first-order valence-electron chi connectivity index (χ1n) is 5.72. The second-order valence-electron chi connectivity index (χ2n) is 4.18. The van der Waals surface area contributed by atoms with E-state index in [4.69, 9.17) is 5.26 Å². The lowest BCUT2D eigenvalue weighted by atomic mass is 10.2. The Kier molecular flexibility index (Phi) is 4.12. The van der Waals surface area contributed by atoms with Crippen LogP contribution in [-0.2, 0) is 10.0 Å². The molecule has 2 rings (SSSR count). The maximum absolute atomic E-state index is 12.4. The van der Waals surface area contributed by atoms with E-state index in [1.807, 2.05) is 6.07 Å². The van der Waals surface area contributed by atoms with Crippen molar-refractivity contribution in [3.05, 3.63) is 58.1 Å².